The van der Waals surface area contributed by atoms with Crippen LogP contribution in [0.15, 0.2) is 11.5 Å². The van der Waals surface area contributed by atoms with Crippen molar-refractivity contribution >= 4 is 10.5 Å². The minimum atomic E-state index is 0.664. The molecular formula is C5H12O2Si. The number of ether oxygens (including phenoxy) is 1. The van der Waals surface area contributed by atoms with E-state index < -0.39 is 0 Å². The van der Waals surface area contributed by atoms with Crippen LogP contribution >= 0.6 is 0 Å². The molecule has 0 aliphatic rings. The van der Waals surface area contributed by atoms with Gasteiger partial charge < -0.3 is 9.16 Å². The summed E-state index contributed by atoms with van der Waals surface area (Å²) in [6.07, 6.45) is 0. The molecule has 0 radical (unpaired) electrons. The fourth-order valence-corrected chi connectivity index (χ4v) is 1.07. The summed E-state index contributed by atoms with van der Waals surface area (Å²) < 4.78 is 9.81. The van der Waals surface area contributed by atoms with Gasteiger partial charge in [0.05, 0.1) is 7.11 Å². The van der Waals surface area contributed by atoms with Crippen LogP contribution in [0.1, 0.15) is 13.8 Å². The van der Waals surface area contributed by atoms with Crippen LogP contribution in [0.3, 0.4) is 0 Å². The normalized spacial score (nSPS) is 8.38. The fourth-order valence-electron chi connectivity index (χ4n) is 0.492. The molecule has 0 aromatic heterocycles. The number of allylic oxidation sites excluding steroid dienone is 1. The zero-order chi connectivity index (χ0) is 6.57. The van der Waals surface area contributed by atoms with E-state index in [2.05, 4.69) is 0 Å². The first-order valence-corrected chi connectivity index (χ1v) is 3.29. The van der Waals surface area contributed by atoms with E-state index in [4.69, 9.17) is 9.16 Å². The van der Waals surface area contributed by atoms with E-state index in [9.17, 15) is 0 Å². The predicted molar refractivity (Wildman–Crippen MR) is 36.4 cm³/mol. The number of rotatable bonds is 2. The van der Waals surface area contributed by atoms with Gasteiger partial charge in [-0.1, -0.05) is 0 Å². The molecule has 0 fully saturated rings. The topological polar surface area (TPSA) is 18.5 Å². The molecule has 0 rings (SSSR count). The van der Waals surface area contributed by atoms with Gasteiger partial charge in [0.15, 0.2) is 0 Å². The van der Waals surface area contributed by atoms with Gasteiger partial charge >= 0.3 is 0 Å². The van der Waals surface area contributed by atoms with Gasteiger partial charge in [0.25, 0.3) is 5.95 Å². The monoisotopic (exact) mass is 132 g/mol. The first kappa shape index (κ1) is 7.56. The molecule has 0 atom stereocenters. The summed E-state index contributed by atoms with van der Waals surface area (Å²) >= 11 is 0. The van der Waals surface area contributed by atoms with E-state index in [1.165, 1.54) is 0 Å². The lowest BCUT2D eigenvalue weighted by Crippen LogP contribution is -1.92. The molecule has 0 aromatic carbocycles. The summed E-state index contributed by atoms with van der Waals surface area (Å²) in [5.41, 5.74) is 1.09. The van der Waals surface area contributed by atoms with Crippen molar-refractivity contribution in [3.63, 3.8) is 0 Å². The van der Waals surface area contributed by atoms with Crippen LogP contribution < -0.4 is 0 Å². The Balaban J connectivity index is 3.86. The Kier molecular flexibility index (Phi) is 3.35. The molecule has 8 heavy (non-hydrogen) atoms. The largest absolute Gasteiger partial charge is 0.529 e. The summed E-state index contributed by atoms with van der Waals surface area (Å²) in [6, 6.07) is 0. The molecular weight excluding hydrogens is 120 g/mol. The second-order valence-electron chi connectivity index (χ2n) is 1.70. The molecule has 0 aliphatic carbocycles. The summed E-state index contributed by atoms with van der Waals surface area (Å²) in [5, 5.41) is 0. The van der Waals surface area contributed by atoms with E-state index in [0.717, 1.165) is 5.57 Å². The highest BCUT2D eigenvalue weighted by Gasteiger charge is 1.92. The van der Waals surface area contributed by atoms with Gasteiger partial charge in [0.1, 0.15) is 0 Å². The van der Waals surface area contributed by atoms with Crippen molar-refractivity contribution in [3.05, 3.63) is 11.5 Å². The van der Waals surface area contributed by atoms with E-state index >= 15 is 0 Å². The lowest BCUT2D eigenvalue weighted by atomic mass is 10.4. The van der Waals surface area contributed by atoms with E-state index in [-0.39, 0.29) is 0 Å². The van der Waals surface area contributed by atoms with Crippen LogP contribution in [0.2, 0.25) is 0 Å². The van der Waals surface area contributed by atoms with Gasteiger partial charge in [-0.25, -0.2) is 0 Å². The standard InChI is InChI=1S/C5H12O2Si/c1-4(2)5(6-3)7-8/h1-3,8H3. The second kappa shape index (κ2) is 3.55. The number of hydrogen-bond donors (Lipinski definition) is 0. The van der Waals surface area contributed by atoms with Gasteiger partial charge in [-0.15, -0.1) is 0 Å². The average Bonchev–Trinajstić information content (AvgIpc) is 1.69. The van der Waals surface area contributed by atoms with Crippen molar-refractivity contribution in [2.75, 3.05) is 7.11 Å². The molecule has 0 spiro atoms. The summed E-state index contributed by atoms with van der Waals surface area (Å²) in [4.78, 5) is 0. The summed E-state index contributed by atoms with van der Waals surface area (Å²) in [6.45, 7) is 3.91. The third kappa shape index (κ3) is 2.02. The van der Waals surface area contributed by atoms with Gasteiger partial charge in [-0.2, -0.15) is 0 Å². The van der Waals surface area contributed by atoms with Crippen LogP contribution in [0.5, 0.6) is 0 Å². The Morgan fingerprint density at radius 3 is 1.88 bits per heavy atom. The lowest BCUT2D eigenvalue weighted by molar-refractivity contribution is 0.155. The maximum absolute atomic E-state index is 4.96. The van der Waals surface area contributed by atoms with Gasteiger partial charge in [0, 0.05) is 5.57 Å². The van der Waals surface area contributed by atoms with Crippen molar-refractivity contribution in [1.82, 2.24) is 0 Å². The van der Waals surface area contributed by atoms with Gasteiger partial charge in [-0.3, -0.25) is 0 Å². The van der Waals surface area contributed by atoms with Crippen molar-refractivity contribution in [2.24, 2.45) is 0 Å². The van der Waals surface area contributed by atoms with Crippen molar-refractivity contribution in [3.8, 4) is 0 Å². The van der Waals surface area contributed by atoms with Gasteiger partial charge in [0.2, 0.25) is 10.5 Å². The SMILES string of the molecule is COC(O[SiH3])=C(C)C. The molecule has 0 bridgehead atoms. The molecule has 0 aliphatic heterocycles. The van der Waals surface area contributed by atoms with Crippen LogP contribution in [0.25, 0.3) is 0 Å². The summed E-state index contributed by atoms with van der Waals surface area (Å²) in [5.74, 6) is 0.664. The first-order chi connectivity index (χ1) is 3.72. The van der Waals surface area contributed by atoms with Gasteiger partial charge in [-0.05, 0) is 13.8 Å². The third-order valence-electron chi connectivity index (χ3n) is 0.779. The molecule has 3 heteroatoms. The molecule has 48 valence electrons. The second-order valence-corrected chi connectivity index (χ2v) is 2.10. The number of hydrogen-bond acceptors (Lipinski definition) is 2. The van der Waals surface area contributed by atoms with Crippen LogP contribution in [-0.4, -0.2) is 17.6 Å². The fraction of sp³-hybridized carbons (Fsp3) is 0.600. The molecule has 0 unspecified atom stereocenters. The maximum atomic E-state index is 4.96. The summed E-state index contributed by atoms with van der Waals surface area (Å²) in [7, 11) is 2.31. The van der Waals surface area contributed by atoms with E-state index in [0.29, 0.717) is 16.4 Å². The zero-order valence-corrected chi connectivity index (χ0v) is 7.82. The van der Waals surface area contributed by atoms with Crippen LogP contribution in [0.4, 0.5) is 0 Å². The zero-order valence-electron chi connectivity index (χ0n) is 5.82. The van der Waals surface area contributed by atoms with Crippen molar-refractivity contribution in [2.45, 2.75) is 13.8 Å². The van der Waals surface area contributed by atoms with Crippen LogP contribution in [-0.2, 0) is 9.16 Å². The minimum Gasteiger partial charge on any atom is -0.529 e. The Bertz CT molecular complexity index is 88.6. The Morgan fingerprint density at radius 2 is 1.88 bits per heavy atom. The highest BCUT2D eigenvalue weighted by atomic mass is 28.2. The lowest BCUT2D eigenvalue weighted by Gasteiger charge is -2.05. The van der Waals surface area contributed by atoms with Crippen molar-refractivity contribution < 1.29 is 9.16 Å². The Morgan fingerprint density at radius 1 is 1.38 bits per heavy atom. The average molecular weight is 132 g/mol. The molecule has 0 aromatic rings. The molecule has 0 amide bonds. The number of methoxy groups -OCH3 is 1. The molecule has 0 saturated carbocycles. The molecule has 0 saturated heterocycles. The van der Waals surface area contributed by atoms with Crippen molar-refractivity contribution in [1.29, 1.82) is 0 Å². The van der Waals surface area contributed by atoms with E-state index in [1.807, 2.05) is 13.8 Å². The molecule has 0 N–H and O–H groups in total. The van der Waals surface area contributed by atoms with Crippen LogP contribution in [0, 0.1) is 0 Å². The smallest absolute Gasteiger partial charge is 0.262 e. The third-order valence-corrected chi connectivity index (χ3v) is 1.15. The highest BCUT2D eigenvalue weighted by molar-refractivity contribution is 5.98. The predicted octanol–water partition coefficient (Wildman–Crippen LogP) is 0.181. The Labute approximate surface area is 53.0 Å². The first-order valence-electron chi connectivity index (χ1n) is 2.47. The Hall–Kier alpha value is -0.443. The maximum Gasteiger partial charge on any atom is 0.262 e. The minimum absolute atomic E-state index is 0.664. The molecule has 2 nitrogen and oxygen atoms in total. The highest BCUT2D eigenvalue weighted by Crippen LogP contribution is 2.01. The van der Waals surface area contributed by atoms with E-state index in [1.54, 1.807) is 7.11 Å². The molecule has 0 heterocycles. The quantitative estimate of drug-likeness (QED) is 0.394.